The number of carbonyl (C=O) groups is 1. The number of Topliss-reactive ketones (excluding diaryl/α,β-unsaturated/α-hetero) is 1. The monoisotopic (exact) mass is 205 g/mol. The Bertz CT molecular complexity index is 337. The average Bonchev–Trinajstić information content (AvgIpc) is 2.66. The molecule has 0 aromatic heterocycles. The minimum absolute atomic E-state index is 0.0891. The topological polar surface area (TPSA) is 52.3 Å². The van der Waals surface area contributed by atoms with Crippen LogP contribution in [-0.2, 0) is 16.0 Å². The zero-order chi connectivity index (χ0) is 10.7. The van der Waals surface area contributed by atoms with E-state index < -0.39 is 6.10 Å². The van der Waals surface area contributed by atoms with Crippen molar-refractivity contribution in [2.75, 3.05) is 6.61 Å². The maximum atomic E-state index is 11.8. The molecule has 2 rings (SSSR count). The Morgan fingerprint density at radius 3 is 2.73 bits per heavy atom. The highest BCUT2D eigenvalue weighted by molar-refractivity contribution is 5.86. The summed E-state index contributed by atoms with van der Waals surface area (Å²) in [5, 5.41) is 0. The predicted molar refractivity (Wildman–Crippen MR) is 57.5 cm³/mol. The largest absolute Gasteiger partial charge is 0.369 e. The van der Waals surface area contributed by atoms with Gasteiger partial charge in [0.2, 0.25) is 0 Å². The molecule has 1 aliphatic heterocycles. The lowest BCUT2D eigenvalue weighted by Crippen LogP contribution is -2.37. The van der Waals surface area contributed by atoms with Crippen molar-refractivity contribution < 1.29 is 9.53 Å². The van der Waals surface area contributed by atoms with Gasteiger partial charge in [0.1, 0.15) is 6.10 Å². The Hall–Kier alpha value is -1.19. The molecule has 0 amide bonds. The average molecular weight is 205 g/mol. The molecule has 1 saturated heterocycles. The molecule has 0 saturated carbocycles. The third-order valence-electron chi connectivity index (χ3n) is 2.68. The van der Waals surface area contributed by atoms with Crippen molar-refractivity contribution in [3.8, 4) is 0 Å². The van der Waals surface area contributed by atoms with E-state index in [1.807, 2.05) is 30.3 Å². The summed E-state index contributed by atoms with van der Waals surface area (Å²) in [6.07, 6.45) is 0.801. The van der Waals surface area contributed by atoms with Crippen molar-refractivity contribution in [3.63, 3.8) is 0 Å². The second kappa shape index (κ2) is 4.55. The van der Waals surface area contributed by atoms with Crippen LogP contribution in [-0.4, -0.2) is 24.5 Å². The highest BCUT2D eigenvalue weighted by atomic mass is 16.5. The molecule has 0 aliphatic carbocycles. The number of ketones is 1. The lowest BCUT2D eigenvalue weighted by Gasteiger charge is -2.12. The normalized spacial score (nSPS) is 25.4. The highest BCUT2D eigenvalue weighted by Gasteiger charge is 2.30. The molecule has 2 N–H and O–H groups in total. The Morgan fingerprint density at radius 1 is 1.40 bits per heavy atom. The van der Waals surface area contributed by atoms with Crippen LogP contribution in [0.2, 0.25) is 0 Å². The zero-order valence-electron chi connectivity index (χ0n) is 8.56. The van der Waals surface area contributed by atoms with Crippen LogP contribution in [0.25, 0.3) is 0 Å². The molecule has 3 heteroatoms. The first-order chi connectivity index (χ1) is 7.27. The summed E-state index contributed by atoms with van der Waals surface area (Å²) in [5.41, 5.74) is 6.81. The van der Waals surface area contributed by atoms with E-state index in [9.17, 15) is 4.79 Å². The van der Waals surface area contributed by atoms with Crippen LogP contribution in [0.1, 0.15) is 12.0 Å². The Kier molecular flexibility index (Phi) is 3.14. The van der Waals surface area contributed by atoms with Crippen LogP contribution in [0.3, 0.4) is 0 Å². The lowest BCUT2D eigenvalue weighted by molar-refractivity contribution is -0.127. The van der Waals surface area contributed by atoms with E-state index in [0.717, 1.165) is 12.0 Å². The Morgan fingerprint density at radius 2 is 2.13 bits per heavy atom. The van der Waals surface area contributed by atoms with Gasteiger partial charge in [-0.1, -0.05) is 30.3 Å². The van der Waals surface area contributed by atoms with Gasteiger partial charge in [0.05, 0.1) is 0 Å². The van der Waals surface area contributed by atoms with Gasteiger partial charge < -0.3 is 10.5 Å². The lowest BCUT2D eigenvalue weighted by atomic mass is 10.0. The number of benzene rings is 1. The summed E-state index contributed by atoms with van der Waals surface area (Å²) in [6, 6.07) is 9.56. The zero-order valence-corrected chi connectivity index (χ0v) is 8.56. The smallest absolute Gasteiger partial charge is 0.167 e. The maximum Gasteiger partial charge on any atom is 0.167 e. The van der Waals surface area contributed by atoms with Crippen molar-refractivity contribution in [2.24, 2.45) is 5.73 Å². The predicted octanol–water partition coefficient (Wildman–Crippen LogP) is 0.914. The van der Waals surface area contributed by atoms with Crippen LogP contribution in [0.15, 0.2) is 30.3 Å². The van der Waals surface area contributed by atoms with Crippen LogP contribution < -0.4 is 5.73 Å². The van der Waals surface area contributed by atoms with E-state index in [4.69, 9.17) is 10.5 Å². The molecule has 1 fully saturated rings. The van der Waals surface area contributed by atoms with Crippen LogP contribution in [0, 0.1) is 0 Å². The highest BCUT2D eigenvalue weighted by Crippen LogP contribution is 2.14. The standard InChI is InChI=1S/C12H15NO2/c13-10-6-7-15-12(10)11(14)8-9-4-2-1-3-5-9/h1-5,10,12H,6-8,13H2. The van der Waals surface area contributed by atoms with E-state index in [0.29, 0.717) is 13.0 Å². The number of carbonyl (C=O) groups excluding carboxylic acids is 1. The van der Waals surface area contributed by atoms with Gasteiger partial charge in [0.15, 0.2) is 5.78 Å². The SMILES string of the molecule is NC1CCOC1C(=O)Cc1ccccc1. The summed E-state index contributed by atoms with van der Waals surface area (Å²) < 4.78 is 5.32. The summed E-state index contributed by atoms with van der Waals surface area (Å²) in [6.45, 7) is 0.604. The quantitative estimate of drug-likeness (QED) is 0.798. The number of rotatable bonds is 3. The van der Waals surface area contributed by atoms with Crippen molar-refractivity contribution in [3.05, 3.63) is 35.9 Å². The van der Waals surface area contributed by atoms with Crippen LogP contribution >= 0.6 is 0 Å². The van der Waals surface area contributed by atoms with Gasteiger partial charge >= 0.3 is 0 Å². The fourth-order valence-electron chi connectivity index (χ4n) is 1.84. The summed E-state index contributed by atoms with van der Waals surface area (Å²) in [7, 11) is 0. The summed E-state index contributed by atoms with van der Waals surface area (Å²) in [5.74, 6) is 0.0891. The molecule has 3 nitrogen and oxygen atoms in total. The van der Waals surface area contributed by atoms with Gasteiger partial charge in [-0.3, -0.25) is 4.79 Å². The third kappa shape index (κ3) is 2.43. The third-order valence-corrected chi connectivity index (χ3v) is 2.68. The molecule has 1 aliphatic rings. The summed E-state index contributed by atoms with van der Waals surface area (Å²) >= 11 is 0. The number of hydrogen-bond acceptors (Lipinski definition) is 3. The van der Waals surface area contributed by atoms with Crippen LogP contribution in [0.4, 0.5) is 0 Å². The molecule has 1 heterocycles. The van der Waals surface area contributed by atoms with Gasteiger partial charge in [-0.2, -0.15) is 0 Å². The molecular formula is C12H15NO2. The molecule has 1 aromatic carbocycles. The Labute approximate surface area is 89.2 Å². The first-order valence-electron chi connectivity index (χ1n) is 5.21. The van der Waals surface area contributed by atoms with Crippen LogP contribution in [0.5, 0.6) is 0 Å². The number of ether oxygens (including phenoxy) is 1. The number of hydrogen-bond donors (Lipinski definition) is 1. The van der Waals surface area contributed by atoms with E-state index in [-0.39, 0.29) is 11.8 Å². The van der Waals surface area contributed by atoms with Crippen molar-refractivity contribution >= 4 is 5.78 Å². The fourth-order valence-corrected chi connectivity index (χ4v) is 1.84. The van der Waals surface area contributed by atoms with Gasteiger partial charge in [0, 0.05) is 19.1 Å². The van der Waals surface area contributed by atoms with E-state index in [1.54, 1.807) is 0 Å². The first-order valence-corrected chi connectivity index (χ1v) is 5.21. The molecule has 0 spiro atoms. The Balaban J connectivity index is 1.98. The van der Waals surface area contributed by atoms with Crippen molar-refractivity contribution in [1.82, 2.24) is 0 Å². The molecule has 2 atom stereocenters. The van der Waals surface area contributed by atoms with E-state index in [1.165, 1.54) is 0 Å². The molecule has 0 radical (unpaired) electrons. The van der Waals surface area contributed by atoms with E-state index in [2.05, 4.69) is 0 Å². The molecule has 80 valence electrons. The molecule has 2 unspecified atom stereocenters. The van der Waals surface area contributed by atoms with Gasteiger partial charge in [0.25, 0.3) is 0 Å². The second-order valence-electron chi connectivity index (χ2n) is 3.87. The minimum atomic E-state index is -0.398. The molecular weight excluding hydrogens is 190 g/mol. The maximum absolute atomic E-state index is 11.8. The van der Waals surface area contributed by atoms with E-state index >= 15 is 0 Å². The van der Waals surface area contributed by atoms with Gasteiger partial charge in [-0.25, -0.2) is 0 Å². The molecule has 1 aromatic rings. The molecule has 15 heavy (non-hydrogen) atoms. The molecule has 0 bridgehead atoms. The minimum Gasteiger partial charge on any atom is -0.369 e. The second-order valence-corrected chi connectivity index (χ2v) is 3.87. The summed E-state index contributed by atoms with van der Waals surface area (Å²) in [4.78, 5) is 11.8. The van der Waals surface area contributed by atoms with Gasteiger partial charge in [-0.05, 0) is 12.0 Å². The number of nitrogens with two attached hydrogens (primary N) is 1. The van der Waals surface area contributed by atoms with Crippen molar-refractivity contribution in [1.29, 1.82) is 0 Å². The fraction of sp³-hybridized carbons (Fsp3) is 0.417. The van der Waals surface area contributed by atoms with Gasteiger partial charge in [-0.15, -0.1) is 0 Å². The van der Waals surface area contributed by atoms with Crippen molar-refractivity contribution in [2.45, 2.75) is 25.0 Å². The first kappa shape index (κ1) is 10.3.